The number of aliphatic hydroxyl groups is 1. The minimum atomic E-state index is -5.71. The number of benzene rings is 1. The van der Waals surface area contributed by atoms with Crippen LogP contribution in [0.1, 0.15) is 107 Å². The zero-order valence-corrected chi connectivity index (χ0v) is 27.2. The lowest BCUT2D eigenvalue weighted by Crippen LogP contribution is -2.44. The monoisotopic (exact) mass is 683 g/mol. The van der Waals surface area contributed by atoms with Crippen molar-refractivity contribution in [1.29, 1.82) is 0 Å². The maximum atomic E-state index is 13.9. The summed E-state index contributed by atoms with van der Waals surface area (Å²) >= 11 is 2.22. The summed E-state index contributed by atoms with van der Waals surface area (Å²) < 4.78 is 74.0. The predicted molar refractivity (Wildman–Crippen MR) is 155 cm³/mol. The SMILES string of the molecule is CC(C)c1nc2c(c(I)c1[C@@H](O)c1ccc(C(F)(F)C(F)(F)F)cc1)C(O[Si](C)(C)C(C)(C)C)CC(C)(C)C2. The smallest absolute Gasteiger partial charge is 0.410 e. The van der Waals surface area contributed by atoms with E-state index in [0.717, 1.165) is 51.9 Å². The summed E-state index contributed by atoms with van der Waals surface area (Å²) in [5.41, 5.74) is 2.10. The average molecular weight is 684 g/mol. The maximum Gasteiger partial charge on any atom is 0.458 e. The third-order valence-corrected chi connectivity index (χ3v) is 13.7. The fourth-order valence-electron chi connectivity index (χ4n) is 4.78. The van der Waals surface area contributed by atoms with Gasteiger partial charge in [-0.3, -0.25) is 4.98 Å². The Bertz CT molecular complexity index is 1200. The molecule has 218 valence electrons. The Balaban J connectivity index is 2.16. The molecule has 1 aliphatic carbocycles. The minimum Gasteiger partial charge on any atom is -0.410 e. The van der Waals surface area contributed by atoms with Gasteiger partial charge in [0.1, 0.15) is 6.10 Å². The number of fused-ring (bicyclic) bond motifs is 1. The number of rotatable bonds is 6. The molecule has 1 heterocycles. The highest BCUT2D eigenvalue weighted by Gasteiger charge is 2.58. The van der Waals surface area contributed by atoms with E-state index in [2.05, 4.69) is 70.3 Å². The van der Waals surface area contributed by atoms with E-state index in [1.165, 1.54) is 0 Å². The lowest BCUT2D eigenvalue weighted by Gasteiger charge is -2.44. The Kier molecular flexibility index (Phi) is 8.82. The molecule has 0 amide bonds. The number of alkyl halides is 5. The quantitative estimate of drug-likeness (QED) is 0.187. The molecule has 1 unspecified atom stereocenters. The molecule has 10 heteroatoms. The molecule has 0 bridgehead atoms. The average Bonchev–Trinajstić information content (AvgIpc) is 2.75. The van der Waals surface area contributed by atoms with Crippen molar-refractivity contribution in [3.8, 4) is 0 Å². The zero-order valence-electron chi connectivity index (χ0n) is 24.0. The molecule has 1 aromatic carbocycles. The van der Waals surface area contributed by atoms with Gasteiger partial charge in [-0.2, -0.15) is 22.0 Å². The van der Waals surface area contributed by atoms with Crippen LogP contribution in [0, 0.1) is 8.99 Å². The lowest BCUT2D eigenvalue weighted by atomic mass is 9.74. The summed E-state index contributed by atoms with van der Waals surface area (Å²) in [5.74, 6) is -5.05. The molecule has 0 radical (unpaired) electrons. The number of halogens is 6. The van der Waals surface area contributed by atoms with Crippen LogP contribution in [0.3, 0.4) is 0 Å². The molecular formula is C29H39F5INO2Si. The van der Waals surface area contributed by atoms with Crippen LogP contribution >= 0.6 is 22.6 Å². The summed E-state index contributed by atoms with van der Waals surface area (Å²) in [5, 5.41) is 11.5. The third-order valence-electron chi connectivity index (χ3n) is 8.03. The Labute approximate surface area is 243 Å². The standard InChI is InChI=1S/C29H39F5INO2Si/c1-16(2)24-22(25(37)17-10-12-18(13-11-17)28(30,31)29(32,33)34)23(35)21-19(36-24)14-27(6,7)15-20(21)38-39(8,9)26(3,4)5/h10-13,16,20,25,37H,14-15H2,1-9H3/t20?,25-/m0/s1. The van der Waals surface area contributed by atoms with E-state index in [4.69, 9.17) is 9.41 Å². The van der Waals surface area contributed by atoms with Gasteiger partial charge >= 0.3 is 12.1 Å². The van der Waals surface area contributed by atoms with Crippen molar-refractivity contribution in [3.05, 3.63) is 61.5 Å². The molecule has 2 atom stereocenters. The Morgan fingerprint density at radius 1 is 1.05 bits per heavy atom. The first-order valence-electron chi connectivity index (χ1n) is 13.1. The molecule has 1 aromatic heterocycles. The van der Waals surface area contributed by atoms with Crippen LogP contribution in [-0.2, 0) is 16.8 Å². The van der Waals surface area contributed by atoms with Crippen LogP contribution in [0.2, 0.25) is 18.1 Å². The first kappa shape index (κ1) is 32.4. The Morgan fingerprint density at radius 2 is 1.59 bits per heavy atom. The van der Waals surface area contributed by atoms with E-state index in [0.29, 0.717) is 11.3 Å². The maximum absolute atomic E-state index is 13.9. The predicted octanol–water partition coefficient (Wildman–Crippen LogP) is 9.58. The molecule has 0 saturated carbocycles. The molecule has 1 N–H and O–H groups in total. The fraction of sp³-hybridized carbons (Fsp3) is 0.621. The second-order valence-electron chi connectivity index (χ2n) is 13.2. The molecule has 0 aliphatic heterocycles. The number of aromatic nitrogens is 1. The summed E-state index contributed by atoms with van der Waals surface area (Å²) in [6, 6.07) is 3.72. The molecule has 39 heavy (non-hydrogen) atoms. The molecule has 0 saturated heterocycles. The molecular weight excluding hydrogens is 644 g/mol. The van der Waals surface area contributed by atoms with Gasteiger partial charge in [-0.1, -0.05) is 72.7 Å². The minimum absolute atomic E-state index is 0.0198. The molecule has 3 rings (SSSR count). The van der Waals surface area contributed by atoms with Crippen molar-refractivity contribution in [1.82, 2.24) is 4.98 Å². The van der Waals surface area contributed by atoms with Gasteiger partial charge in [-0.25, -0.2) is 0 Å². The number of hydrogen-bond acceptors (Lipinski definition) is 3. The van der Waals surface area contributed by atoms with E-state index in [1.807, 2.05) is 13.8 Å². The first-order chi connectivity index (χ1) is 17.5. The first-order valence-corrected chi connectivity index (χ1v) is 17.1. The highest BCUT2D eigenvalue weighted by molar-refractivity contribution is 14.1. The van der Waals surface area contributed by atoms with Gasteiger partial charge < -0.3 is 9.53 Å². The van der Waals surface area contributed by atoms with E-state index in [-0.39, 0.29) is 28.0 Å². The van der Waals surface area contributed by atoms with Gasteiger partial charge in [0, 0.05) is 26.0 Å². The summed E-state index contributed by atoms with van der Waals surface area (Å²) in [7, 11) is -2.19. The second kappa shape index (κ2) is 10.6. The van der Waals surface area contributed by atoms with Gasteiger partial charge in [0.15, 0.2) is 8.32 Å². The Morgan fingerprint density at radius 3 is 2.05 bits per heavy atom. The molecule has 1 aliphatic rings. The second-order valence-corrected chi connectivity index (χ2v) is 19.1. The molecule has 0 spiro atoms. The normalized spacial score (nSPS) is 19.3. The number of nitrogens with zero attached hydrogens (tertiary/aromatic N) is 1. The van der Waals surface area contributed by atoms with Crippen LogP contribution in [0.25, 0.3) is 0 Å². The van der Waals surface area contributed by atoms with Crippen molar-refractivity contribution < 1.29 is 31.5 Å². The number of pyridine rings is 1. The Hall–Kier alpha value is -1.11. The van der Waals surface area contributed by atoms with Gasteiger partial charge in [-0.05, 0) is 70.5 Å². The van der Waals surface area contributed by atoms with Gasteiger partial charge in [0.05, 0.1) is 11.8 Å². The van der Waals surface area contributed by atoms with E-state index < -0.39 is 32.1 Å². The van der Waals surface area contributed by atoms with Crippen LogP contribution in [0.5, 0.6) is 0 Å². The van der Waals surface area contributed by atoms with Crippen molar-refractivity contribution in [2.75, 3.05) is 0 Å². The van der Waals surface area contributed by atoms with Crippen LogP contribution in [0.15, 0.2) is 24.3 Å². The molecule has 0 fully saturated rings. The third kappa shape index (κ3) is 6.38. The van der Waals surface area contributed by atoms with Crippen LogP contribution in [0.4, 0.5) is 22.0 Å². The van der Waals surface area contributed by atoms with Gasteiger partial charge in [-0.15, -0.1) is 0 Å². The number of hydrogen-bond donors (Lipinski definition) is 1. The topological polar surface area (TPSA) is 42.4 Å². The van der Waals surface area contributed by atoms with Crippen molar-refractivity contribution in [2.24, 2.45) is 5.41 Å². The van der Waals surface area contributed by atoms with Crippen molar-refractivity contribution >= 4 is 30.9 Å². The van der Waals surface area contributed by atoms with Crippen molar-refractivity contribution in [2.45, 2.75) is 110 Å². The number of aliphatic hydroxyl groups excluding tert-OH is 1. The van der Waals surface area contributed by atoms with E-state index in [9.17, 15) is 27.1 Å². The van der Waals surface area contributed by atoms with Crippen molar-refractivity contribution in [3.63, 3.8) is 0 Å². The highest BCUT2D eigenvalue weighted by atomic mass is 127. The van der Waals surface area contributed by atoms with Crippen LogP contribution < -0.4 is 0 Å². The van der Waals surface area contributed by atoms with Gasteiger partial charge in [0.2, 0.25) is 0 Å². The van der Waals surface area contributed by atoms with E-state index >= 15 is 0 Å². The largest absolute Gasteiger partial charge is 0.458 e. The van der Waals surface area contributed by atoms with E-state index in [1.54, 1.807) is 0 Å². The zero-order chi connectivity index (χ0) is 29.9. The summed E-state index contributed by atoms with van der Waals surface area (Å²) in [6.07, 6.45) is -5.68. The fourth-order valence-corrected chi connectivity index (χ4v) is 7.28. The van der Waals surface area contributed by atoms with Gasteiger partial charge in [0.25, 0.3) is 0 Å². The molecule has 3 nitrogen and oxygen atoms in total. The van der Waals surface area contributed by atoms with Crippen LogP contribution in [-0.4, -0.2) is 24.6 Å². The molecule has 2 aromatic rings. The highest BCUT2D eigenvalue weighted by Crippen LogP contribution is 2.50. The summed E-state index contributed by atoms with van der Waals surface area (Å²) in [4.78, 5) is 5.05. The summed E-state index contributed by atoms with van der Waals surface area (Å²) in [6.45, 7) is 19.3. The lowest BCUT2D eigenvalue weighted by molar-refractivity contribution is -0.289.